The molecule has 0 saturated carbocycles. The van der Waals surface area contributed by atoms with Crippen molar-refractivity contribution in [3.05, 3.63) is 0 Å². The molecular formula is C23H50ClNO2. The van der Waals surface area contributed by atoms with E-state index in [1.807, 2.05) is 0 Å². The summed E-state index contributed by atoms with van der Waals surface area (Å²) in [4.78, 5) is 2.16. The van der Waals surface area contributed by atoms with Gasteiger partial charge in [-0.2, -0.15) is 0 Å². The van der Waals surface area contributed by atoms with Gasteiger partial charge in [-0.15, -0.1) is 11.6 Å². The zero-order valence-corrected chi connectivity index (χ0v) is 19.3. The normalized spacial score (nSPS) is 10.9. The Kier molecular flexibility index (Phi) is 30.9. The lowest BCUT2D eigenvalue weighted by Crippen LogP contribution is -2.30. The molecule has 0 fully saturated rings. The van der Waals surface area contributed by atoms with Gasteiger partial charge >= 0.3 is 0 Å². The molecule has 0 radical (unpaired) electrons. The second kappa shape index (κ2) is 28.4. The second-order valence-corrected chi connectivity index (χ2v) is 7.59. The van der Waals surface area contributed by atoms with Crippen LogP contribution in [-0.4, -0.2) is 54.3 Å². The third kappa shape index (κ3) is 26.2. The Labute approximate surface area is 175 Å². The summed E-state index contributed by atoms with van der Waals surface area (Å²) in [6.45, 7) is 5.07. The molecule has 0 aromatic rings. The van der Waals surface area contributed by atoms with E-state index >= 15 is 0 Å². The van der Waals surface area contributed by atoms with Gasteiger partial charge in [0, 0.05) is 19.5 Å². The van der Waals surface area contributed by atoms with Gasteiger partial charge in [-0.25, -0.2) is 0 Å². The van der Waals surface area contributed by atoms with Crippen LogP contribution >= 0.6 is 11.6 Å². The Hall–Kier alpha value is 0.170. The topological polar surface area (TPSA) is 43.7 Å². The fraction of sp³-hybridized carbons (Fsp3) is 1.00. The highest BCUT2D eigenvalue weighted by Crippen LogP contribution is 2.13. The van der Waals surface area contributed by atoms with Gasteiger partial charge in [0.25, 0.3) is 0 Å². The number of alkyl halides is 1. The van der Waals surface area contributed by atoms with Crippen molar-refractivity contribution in [2.75, 3.05) is 39.2 Å². The molecule has 0 amide bonds. The first-order valence-corrected chi connectivity index (χ1v) is 12.4. The van der Waals surface area contributed by atoms with Crippen LogP contribution in [0.3, 0.4) is 0 Å². The van der Waals surface area contributed by atoms with Crippen LogP contribution in [0.2, 0.25) is 0 Å². The highest BCUT2D eigenvalue weighted by molar-refractivity contribution is 6.15. The number of rotatable bonds is 21. The van der Waals surface area contributed by atoms with Gasteiger partial charge in [0.15, 0.2) is 0 Å². The third-order valence-electron chi connectivity index (χ3n) is 5.16. The molecule has 0 bridgehead atoms. The van der Waals surface area contributed by atoms with E-state index in [1.54, 1.807) is 0 Å². The molecule has 27 heavy (non-hydrogen) atoms. The van der Waals surface area contributed by atoms with Crippen LogP contribution in [0.25, 0.3) is 0 Å². The van der Waals surface area contributed by atoms with Crippen LogP contribution in [0.5, 0.6) is 0 Å². The molecule has 0 heterocycles. The molecule has 0 aliphatic carbocycles. The summed E-state index contributed by atoms with van der Waals surface area (Å²) in [5, 5.41) is 17.9. The number of hydrogen-bond donors (Lipinski definition) is 2. The number of unbranched alkanes of at least 4 members (excludes halogenated alkanes) is 15. The molecular weight excluding hydrogens is 358 g/mol. The third-order valence-corrected chi connectivity index (χ3v) is 5.16. The summed E-state index contributed by atoms with van der Waals surface area (Å²) in [5.74, 6) is 0. The average molecular weight is 408 g/mol. The van der Waals surface area contributed by atoms with E-state index in [2.05, 4.69) is 23.4 Å². The van der Waals surface area contributed by atoms with Gasteiger partial charge in [-0.1, -0.05) is 103 Å². The van der Waals surface area contributed by atoms with E-state index in [1.165, 1.54) is 109 Å². The van der Waals surface area contributed by atoms with Crippen LogP contribution < -0.4 is 0 Å². The summed E-state index contributed by atoms with van der Waals surface area (Å²) >= 11 is 4.64. The van der Waals surface area contributed by atoms with Gasteiger partial charge in [0.1, 0.15) is 0 Å². The minimum Gasteiger partial charge on any atom is -0.395 e. The standard InChI is InChI=1S/C22H47NO2.CH3Cl/c1-2-3-4-5-6-7-8-9-10-11-12-13-14-15-16-17-18-23(19-21-24)20-22-25;1-2/h24-25H,2-22H2,1H3;1H3. The Morgan fingerprint density at radius 1 is 0.481 bits per heavy atom. The molecule has 3 nitrogen and oxygen atoms in total. The lowest BCUT2D eigenvalue weighted by molar-refractivity contribution is 0.159. The molecule has 0 aliphatic heterocycles. The first-order chi connectivity index (χ1) is 13.3. The second-order valence-electron chi connectivity index (χ2n) is 7.59. The first-order valence-electron chi connectivity index (χ1n) is 11.7. The molecule has 0 rings (SSSR count). The van der Waals surface area contributed by atoms with Crippen LogP contribution in [0, 0.1) is 0 Å². The maximum Gasteiger partial charge on any atom is 0.0558 e. The Morgan fingerprint density at radius 2 is 0.778 bits per heavy atom. The van der Waals surface area contributed by atoms with Crippen LogP contribution in [0.15, 0.2) is 0 Å². The average Bonchev–Trinajstić information content (AvgIpc) is 2.69. The Morgan fingerprint density at radius 3 is 1.07 bits per heavy atom. The van der Waals surface area contributed by atoms with Crippen molar-refractivity contribution < 1.29 is 10.2 Å². The number of hydrogen-bond acceptors (Lipinski definition) is 3. The molecule has 0 atom stereocenters. The van der Waals surface area contributed by atoms with Crippen molar-refractivity contribution in [2.45, 2.75) is 110 Å². The number of aliphatic hydroxyl groups excluding tert-OH is 2. The lowest BCUT2D eigenvalue weighted by atomic mass is 10.0. The first kappa shape index (κ1) is 29.4. The summed E-state index contributed by atoms with van der Waals surface area (Å²) in [5.41, 5.74) is 0. The number of aliphatic hydroxyl groups is 2. The number of halogens is 1. The van der Waals surface area contributed by atoms with Gasteiger partial charge in [-0.3, -0.25) is 4.90 Å². The van der Waals surface area contributed by atoms with Crippen molar-refractivity contribution in [3.63, 3.8) is 0 Å². The van der Waals surface area contributed by atoms with Crippen molar-refractivity contribution >= 4 is 11.6 Å². The predicted octanol–water partition coefficient (Wildman–Crippen LogP) is 6.39. The maximum absolute atomic E-state index is 8.97. The summed E-state index contributed by atoms with van der Waals surface area (Å²) < 4.78 is 0. The van der Waals surface area contributed by atoms with E-state index in [0.29, 0.717) is 13.1 Å². The van der Waals surface area contributed by atoms with Crippen LogP contribution in [0.4, 0.5) is 0 Å². The van der Waals surface area contributed by atoms with Crippen LogP contribution in [0.1, 0.15) is 110 Å². The smallest absolute Gasteiger partial charge is 0.0558 e. The quantitative estimate of drug-likeness (QED) is 0.171. The SMILES string of the molecule is CCCCCCCCCCCCCCCCCCN(CCO)CCO.CCl. The minimum absolute atomic E-state index is 0.193. The molecule has 166 valence electrons. The molecule has 0 unspecified atom stereocenters. The van der Waals surface area contributed by atoms with E-state index in [-0.39, 0.29) is 13.2 Å². The van der Waals surface area contributed by atoms with E-state index in [4.69, 9.17) is 10.2 Å². The molecule has 0 aliphatic rings. The van der Waals surface area contributed by atoms with Crippen molar-refractivity contribution in [1.82, 2.24) is 4.90 Å². The number of nitrogens with zero attached hydrogens (tertiary/aromatic N) is 1. The van der Waals surface area contributed by atoms with Crippen molar-refractivity contribution in [1.29, 1.82) is 0 Å². The largest absolute Gasteiger partial charge is 0.395 e. The van der Waals surface area contributed by atoms with Crippen molar-refractivity contribution in [3.8, 4) is 0 Å². The Balaban J connectivity index is 0. The van der Waals surface area contributed by atoms with E-state index in [0.717, 1.165) is 6.54 Å². The molecule has 0 aromatic carbocycles. The van der Waals surface area contributed by atoms with Gasteiger partial charge < -0.3 is 10.2 Å². The van der Waals surface area contributed by atoms with Gasteiger partial charge in [-0.05, 0) is 13.0 Å². The monoisotopic (exact) mass is 407 g/mol. The zero-order chi connectivity index (χ0) is 20.4. The zero-order valence-electron chi connectivity index (χ0n) is 18.6. The predicted molar refractivity (Wildman–Crippen MR) is 122 cm³/mol. The maximum atomic E-state index is 8.97. The molecule has 0 aromatic heterocycles. The molecule has 0 saturated heterocycles. The highest BCUT2D eigenvalue weighted by Gasteiger charge is 2.02. The van der Waals surface area contributed by atoms with E-state index in [9.17, 15) is 0 Å². The van der Waals surface area contributed by atoms with Gasteiger partial charge in [0.05, 0.1) is 13.2 Å². The van der Waals surface area contributed by atoms with Crippen molar-refractivity contribution in [2.24, 2.45) is 0 Å². The molecule has 2 N–H and O–H groups in total. The highest BCUT2D eigenvalue weighted by atomic mass is 35.5. The van der Waals surface area contributed by atoms with Crippen LogP contribution in [-0.2, 0) is 0 Å². The summed E-state index contributed by atoms with van der Waals surface area (Å²) in [6, 6.07) is 0. The molecule has 0 spiro atoms. The Bertz CT molecular complexity index is 236. The van der Waals surface area contributed by atoms with E-state index < -0.39 is 0 Å². The fourth-order valence-electron chi connectivity index (χ4n) is 3.50. The summed E-state index contributed by atoms with van der Waals surface area (Å²) in [6.07, 6.45) is 23.8. The fourth-order valence-corrected chi connectivity index (χ4v) is 3.50. The minimum atomic E-state index is 0.193. The molecule has 4 heteroatoms. The van der Waals surface area contributed by atoms with Gasteiger partial charge in [0.2, 0.25) is 0 Å². The lowest BCUT2D eigenvalue weighted by Gasteiger charge is -2.19. The summed E-state index contributed by atoms with van der Waals surface area (Å²) in [7, 11) is 0.